The molecule has 0 fully saturated rings. The maximum absolute atomic E-state index is 5.74. The molecular formula is C14H15BrN2O. The van der Waals surface area contributed by atoms with Gasteiger partial charge in [0.15, 0.2) is 0 Å². The molecule has 0 unspecified atom stereocenters. The minimum absolute atomic E-state index is 0.0517. The van der Waals surface area contributed by atoms with Crippen molar-refractivity contribution in [2.45, 2.75) is 19.6 Å². The van der Waals surface area contributed by atoms with Gasteiger partial charge in [-0.1, -0.05) is 28.1 Å². The number of hydrogen-bond acceptors (Lipinski definition) is 3. The van der Waals surface area contributed by atoms with Crippen LogP contribution in [-0.2, 0) is 6.61 Å². The molecule has 2 N–H and O–H groups in total. The highest BCUT2D eigenvalue weighted by Crippen LogP contribution is 2.16. The number of ether oxygens (including phenoxy) is 1. The third-order valence-electron chi connectivity index (χ3n) is 2.52. The second-order valence-electron chi connectivity index (χ2n) is 4.13. The fraction of sp³-hybridized carbons (Fsp3) is 0.214. The van der Waals surface area contributed by atoms with E-state index in [4.69, 9.17) is 10.5 Å². The highest BCUT2D eigenvalue weighted by Gasteiger charge is 2.01. The summed E-state index contributed by atoms with van der Waals surface area (Å²) in [5, 5.41) is 0. The summed E-state index contributed by atoms with van der Waals surface area (Å²) in [6.07, 6.45) is 1.71. The molecule has 3 nitrogen and oxygen atoms in total. The van der Waals surface area contributed by atoms with E-state index in [9.17, 15) is 0 Å². The van der Waals surface area contributed by atoms with Crippen molar-refractivity contribution in [3.05, 3.63) is 58.3 Å². The zero-order chi connectivity index (χ0) is 13.0. The van der Waals surface area contributed by atoms with Gasteiger partial charge >= 0.3 is 0 Å². The van der Waals surface area contributed by atoms with Crippen LogP contribution in [0.1, 0.15) is 24.2 Å². The molecule has 1 aromatic carbocycles. The lowest BCUT2D eigenvalue weighted by Crippen LogP contribution is -2.07. The summed E-state index contributed by atoms with van der Waals surface area (Å²) in [5.41, 5.74) is 7.71. The van der Waals surface area contributed by atoms with E-state index in [2.05, 4.69) is 20.9 Å². The van der Waals surface area contributed by atoms with Crippen molar-refractivity contribution in [1.82, 2.24) is 4.98 Å². The van der Waals surface area contributed by atoms with Crippen LogP contribution in [0.25, 0.3) is 0 Å². The van der Waals surface area contributed by atoms with Crippen LogP contribution in [0.2, 0.25) is 0 Å². The van der Waals surface area contributed by atoms with Crippen LogP contribution in [0.3, 0.4) is 0 Å². The van der Waals surface area contributed by atoms with Crippen molar-refractivity contribution in [2.75, 3.05) is 0 Å². The minimum atomic E-state index is -0.0517. The van der Waals surface area contributed by atoms with E-state index in [0.717, 1.165) is 21.5 Å². The van der Waals surface area contributed by atoms with Gasteiger partial charge in [0, 0.05) is 10.5 Å². The molecule has 4 heteroatoms. The molecule has 0 spiro atoms. The molecule has 0 saturated carbocycles. The van der Waals surface area contributed by atoms with Gasteiger partial charge in [-0.2, -0.15) is 0 Å². The lowest BCUT2D eigenvalue weighted by atomic mass is 10.2. The summed E-state index contributed by atoms with van der Waals surface area (Å²) in [6.45, 7) is 2.43. The molecule has 1 aromatic heterocycles. The second kappa shape index (κ2) is 5.98. The van der Waals surface area contributed by atoms with Gasteiger partial charge in [0.2, 0.25) is 0 Å². The summed E-state index contributed by atoms with van der Waals surface area (Å²) < 4.78 is 6.71. The quantitative estimate of drug-likeness (QED) is 0.941. The highest BCUT2D eigenvalue weighted by atomic mass is 79.9. The number of rotatable bonds is 4. The van der Waals surface area contributed by atoms with E-state index in [1.165, 1.54) is 0 Å². The molecule has 0 aliphatic heterocycles. The van der Waals surface area contributed by atoms with Gasteiger partial charge in [-0.3, -0.25) is 4.98 Å². The van der Waals surface area contributed by atoms with E-state index >= 15 is 0 Å². The lowest BCUT2D eigenvalue weighted by molar-refractivity contribution is 0.304. The van der Waals surface area contributed by atoms with Crippen LogP contribution in [-0.4, -0.2) is 4.98 Å². The average Bonchev–Trinajstić information content (AvgIpc) is 2.37. The monoisotopic (exact) mass is 306 g/mol. The summed E-state index contributed by atoms with van der Waals surface area (Å²) in [6, 6.07) is 11.8. The Morgan fingerprint density at radius 1 is 1.33 bits per heavy atom. The molecule has 0 amide bonds. The molecular weight excluding hydrogens is 292 g/mol. The van der Waals surface area contributed by atoms with E-state index in [0.29, 0.717) is 6.61 Å². The predicted octanol–water partition coefficient (Wildman–Crippen LogP) is 3.44. The van der Waals surface area contributed by atoms with Gasteiger partial charge in [-0.25, -0.2) is 0 Å². The summed E-state index contributed by atoms with van der Waals surface area (Å²) >= 11 is 3.43. The van der Waals surface area contributed by atoms with Gasteiger partial charge in [0.1, 0.15) is 12.4 Å². The normalized spacial score (nSPS) is 12.2. The van der Waals surface area contributed by atoms with Gasteiger partial charge in [-0.05, 0) is 36.8 Å². The molecule has 18 heavy (non-hydrogen) atoms. The van der Waals surface area contributed by atoms with E-state index in [1.54, 1.807) is 6.20 Å². The van der Waals surface area contributed by atoms with Crippen LogP contribution < -0.4 is 10.5 Å². The summed E-state index contributed by atoms with van der Waals surface area (Å²) in [7, 11) is 0. The van der Waals surface area contributed by atoms with Gasteiger partial charge in [0.05, 0.1) is 11.9 Å². The maximum atomic E-state index is 5.74. The topological polar surface area (TPSA) is 48.1 Å². The number of nitrogens with zero attached hydrogens (tertiary/aromatic N) is 1. The first kappa shape index (κ1) is 13.1. The summed E-state index contributed by atoms with van der Waals surface area (Å²) in [4.78, 5) is 4.25. The first-order valence-electron chi connectivity index (χ1n) is 5.74. The SMILES string of the molecule is C[C@H](N)c1ccc(OCc2cccc(Br)c2)cn1. The van der Waals surface area contributed by atoms with Crippen LogP contribution in [0.4, 0.5) is 0 Å². The number of pyridine rings is 1. The zero-order valence-electron chi connectivity index (χ0n) is 10.1. The molecule has 0 radical (unpaired) electrons. The fourth-order valence-electron chi connectivity index (χ4n) is 1.54. The molecule has 0 aliphatic rings. The molecule has 94 valence electrons. The number of hydrogen-bond donors (Lipinski definition) is 1. The van der Waals surface area contributed by atoms with Gasteiger partial charge in [-0.15, -0.1) is 0 Å². The summed E-state index contributed by atoms with van der Waals surface area (Å²) in [5.74, 6) is 0.749. The van der Waals surface area contributed by atoms with Gasteiger partial charge < -0.3 is 10.5 Å². The first-order chi connectivity index (χ1) is 8.65. The average molecular weight is 307 g/mol. The minimum Gasteiger partial charge on any atom is -0.487 e. The Labute approximate surface area is 115 Å². The standard InChI is InChI=1S/C14H15BrN2O/c1-10(16)14-6-5-13(8-17-14)18-9-11-3-2-4-12(15)7-11/h2-8,10H,9,16H2,1H3/t10-/m0/s1. The molecule has 0 saturated heterocycles. The van der Waals surface area contributed by atoms with Crippen molar-refractivity contribution in [3.8, 4) is 5.75 Å². The Morgan fingerprint density at radius 3 is 2.78 bits per heavy atom. The molecule has 2 rings (SSSR count). The fourth-order valence-corrected chi connectivity index (χ4v) is 1.99. The van der Waals surface area contributed by atoms with E-state index < -0.39 is 0 Å². The third kappa shape index (κ3) is 3.55. The first-order valence-corrected chi connectivity index (χ1v) is 6.53. The molecule has 0 bridgehead atoms. The number of nitrogens with two attached hydrogens (primary N) is 1. The van der Waals surface area contributed by atoms with Crippen molar-refractivity contribution in [3.63, 3.8) is 0 Å². The second-order valence-corrected chi connectivity index (χ2v) is 5.04. The Hall–Kier alpha value is -1.39. The smallest absolute Gasteiger partial charge is 0.138 e. The molecule has 1 heterocycles. The van der Waals surface area contributed by atoms with Crippen LogP contribution in [0, 0.1) is 0 Å². The highest BCUT2D eigenvalue weighted by molar-refractivity contribution is 9.10. The third-order valence-corrected chi connectivity index (χ3v) is 3.01. The van der Waals surface area contributed by atoms with Crippen molar-refractivity contribution < 1.29 is 4.74 Å². The Kier molecular flexibility index (Phi) is 4.33. The molecule has 1 atom stereocenters. The Balaban J connectivity index is 1.98. The van der Waals surface area contributed by atoms with Crippen molar-refractivity contribution in [1.29, 1.82) is 0 Å². The molecule has 0 aliphatic carbocycles. The van der Waals surface area contributed by atoms with Crippen molar-refractivity contribution in [2.24, 2.45) is 5.73 Å². The van der Waals surface area contributed by atoms with Crippen molar-refractivity contribution >= 4 is 15.9 Å². The van der Waals surface area contributed by atoms with Gasteiger partial charge in [0.25, 0.3) is 0 Å². The predicted molar refractivity (Wildman–Crippen MR) is 75.3 cm³/mol. The van der Waals surface area contributed by atoms with Crippen LogP contribution in [0.15, 0.2) is 47.1 Å². The molecule has 2 aromatic rings. The van der Waals surface area contributed by atoms with Crippen LogP contribution >= 0.6 is 15.9 Å². The lowest BCUT2D eigenvalue weighted by Gasteiger charge is -2.08. The number of halogens is 1. The van der Waals surface area contributed by atoms with E-state index in [-0.39, 0.29) is 6.04 Å². The largest absolute Gasteiger partial charge is 0.487 e. The maximum Gasteiger partial charge on any atom is 0.138 e. The Morgan fingerprint density at radius 2 is 2.17 bits per heavy atom. The number of aromatic nitrogens is 1. The zero-order valence-corrected chi connectivity index (χ0v) is 11.7. The van der Waals surface area contributed by atoms with Crippen LogP contribution in [0.5, 0.6) is 5.75 Å². The Bertz CT molecular complexity index is 511. The van der Waals surface area contributed by atoms with E-state index in [1.807, 2.05) is 43.3 Å². The number of benzene rings is 1.